The molecule has 110 valence electrons. The average molecular weight is 288 g/mol. The number of nitrogens with one attached hydrogen (secondary N) is 2. The third-order valence-corrected chi connectivity index (χ3v) is 2.56. The summed E-state index contributed by atoms with van der Waals surface area (Å²) < 4.78 is 4.57. The summed E-state index contributed by atoms with van der Waals surface area (Å²) in [6.45, 7) is 1.37. The van der Waals surface area contributed by atoms with Crippen LogP contribution in [0.15, 0.2) is 24.3 Å². The molecule has 0 heterocycles. The van der Waals surface area contributed by atoms with Gasteiger partial charge in [-0.2, -0.15) is 0 Å². The second-order valence-electron chi connectivity index (χ2n) is 4.22. The number of carbonyl (C=O) groups is 3. The Morgan fingerprint density at radius 3 is 2.67 bits per heavy atom. The predicted molar refractivity (Wildman–Crippen MR) is 77.5 cm³/mol. The van der Waals surface area contributed by atoms with E-state index in [4.69, 9.17) is 6.42 Å². The number of benzene rings is 1. The zero-order valence-electron chi connectivity index (χ0n) is 11.8. The number of ether oxygens (including phenoxy) is 1. The van der Waals surface area contributed by atoms with E-state index in [0.29, 0.717) is 11.3 Å². The normalized spacial score (nSPS) is 10.9. The molecule has 2 amide bonds. The molecule has 0 unspecified atom stereocenters. The molecule has 0 aliphatic rings. The molecule has 0 fully saturated rings. The first-order valence-electron chi connectivity index (χ1n) is 6.17. The predicted octanol–water partition coefficient (Wildman–Crippen LogP) is 0.940. The van der Waals surface area contributed by atoms with E-state index in [1.807, 2.05) is 0 Å². The van der Waals surface area contributed by atoms with Crippen LogP contribution in [0.4, 0.5) is 5.69 Å². The fraction of sp³-hybridized carbons (Fsp3) is 0.267. The Morgan fingerprint density at radius 2 is 2.10 bits per heavy atom. The van der Waals surface area contributed by atoms with E-state index in [0.717, 1.165) is 0 Å². The summed E-state index contributed by atoms with van der Waals surface area (Å²) in [6.07, 6.45) is 5.19. The molecule has 2 N–H and O–H groups in total. The van der Waals surface area contributed by atoms with Crippen LogP contribution in [0, 0.1) is 12.3 Å². The molecule has 0 aromatic heterocycles. The van der Waals surface area contributed by atoms with Gasteiger partial charge in [-0.15, -0.1) is 12.3 Å². The molecule has 0 aliphatic carbocycles. The number of anilines is 1. The number of rotatable bonds is 5. The molecule has 1 aromatic carbocycles. The van der Waals surface area contributed by atoms with Crippen LogP contribution < -0.4 is 10.6 Å². The van der Waals surface area contributed by atoms with Crippen molar-refractivity contribution in [2.45, 2.75) is 19.4 Å². The Kier molecular flexibility index (Phi) is 5.96. The van der Waals surface area contributed by atoms with Gasteiger partial charge < -0.3 is 15.4 Å². The zero-order valence-corrected chi connectivity index (χ0v) is 11.8. The molecule has 1 atom stereocenters. The molecule has 0 saturated carbocycles. The summed E-state index contributed by atoms with van der Waals surface area (Å²) in [5, 5.41) is 5.07. The molecular weight excluding hydrogens is 272 g/mol. The molecule has 0 saturated heterocycles. The first-order valence-corrected chi connectivity index (χ1v) is 6.17. The van der Waals surface area contributed by atoms with Crippen LogP contribution in [0.1, 0.15) is 23.7 Å². The first kappa shape index (κ1) is 16.2. The van der Waals surface area contributed by atoms with Crippen LogP contribution in [0.5, 0.6) is 0 Å². The molecule has 21 heavy (non-hydrogen) atoms. The Bertz CT molecular complexity index is 590. The summed E-state index contributed by atoms with van der Waals surface area (Å²) in [4.78, 5) is 34.6. The minimum atomic E-state index is -0.906. The highest BCUT2D eigenvalue weighted by Gasteiger charge is 2.21. The fourth-order valence-corrected chi connectivity index (χ4v) is 1.64. The number of amides is 2. The number of hydrogen-bond acceptors (Lipinski definition) is 4. The number of hydrogen-bond donors (Lipinski definition) is 2. The third kappa shape index (κ3) is 4.99. The number of methoxy groups -OCH3 is 1. The van der Waals surface area contributed by atoms with Gasteiger partial charge in [0, 0.05) is 24.6 Å². The van der Waals surface area contributed by atoms with Crippen molar-refractivity contribution in [2.75, 3.05) is 12.4 Å². The average Bonchev–Trinajstić information content (AvgIpc) is 2.45. The van der Waals surface area contributed by atoms with Crippen molar-refractivity contribution in [3.8, 4) is 12.3 Å². The van der Waals surface area contributed by atoms with E-state index in [9.17, 15) is 14.4 Å². The topological polar surface area (TPSA) is 84.5 Å². The lowest BCUT2D eigenvalue weighted by Crippen LogP contribution is -2.41. The van der Waals surface area contributed by atoms with Crippen molar-refractivity contribution in [1.82, 2.24) is 5.32 Å². The SMILES string of the molecule is C#CC[C@@H](NC(=O)c1cccc(NC(C)=O)c1)C(=O)OC. The Hall–Kier alpha value is -2.81. The summed E-state index contributed by atoms with van der Waals surface area (Å²) in [5.41, 5.74) is 0.786. The molecule has 0 aliphatic heterocycles. The molecule has 0 radical (unpaired) electrons. The highest BCUT2D eigenvalue weighted by atomic mass is 16.5. The van der Waals surface area contributed by atoms with E-state index >= 15 is 0 Å². The van der Waals surface area contributed by atoms with Gasteiger partial charge in [-0.3, -0.25) is 9.59 Å². The highest BCUT2D eigenvalue weighted by Crippen LogP contribution is 2.11. The molecule has 0 spiro atoms. The van der Waals surface area contributed by atoms with Crippen molar-refractivity contribution in [1.29, 1.82) is 0 Å². The maximum Gasteiger partial charge on any atom is 0.329 e. The van der Waals surface area contributed by atoms with E-state index in [-0.39, 0.29) is 12.3 Å². The van der Waals surface area contributed by atoms with Crippen LogP contribution in [0.2, 0.25) is 0 Å². The minimum Gasteiger partial charge on any atom is -0.467 e. The van der Waals surface area contributed by atoms with Crippen molar-refractivity contribution in [3.05, 3.63) is 29.8 Å². The summed E-state index contributed by atoms with van der Waals surface area (Å²) >= 11 is 0. The minimum absolute atomic E-state index is 0.0315. The van der Waals surface area contributed by atoms with Crippen molar-refractivity contribution >= 4 is 23.5 Å². The van der Waals surface area contributed by atoms with E-state index in [1.165, 1.54) is 20.1 Å². The van der Waals surface area contributed by atoms with E-state index in [1.54, 1.807) is 18.2 Å². The highest BCUT2D eigenvalue weighted by molar-refractivity contribution is 5.98. The Balaban J connectivity index is 2.85. The number of esters is 1. The smallest absolute Gasteiger partial charge is 0.329 e. The second kappa shape index (κ2) is 7.70. The molecule has 1 rings (SSSR count). The maximum atomic E-state index is 12.1. The Labute approximate surface area is 122 Å². The largest absolute Gasteiger partial charge is 0.467 e. The molecule has 6 nitrogen and oxygen atoms in total. The van der Waals surface area contributed by atoms with Gasteiger partial charge in [0.15, 0.2) is 0 Å². The van der Waals surface area contributed by atoms with Crippen molar-refractivity contribution < 1.29 is 19.1 Å². The number of terminal acetylenes is 1. The second-order valence-corrected chi connectivity index (χ2v) is 4.22. The quantitative estimate of drug-likeness (QED) is 0.624. The Morgan fingerprint density at radius 1 is 1.38 bits per heavy atom. The molecule has 0 bridgehead atoms. The monoisotopic (exact) mass is 288 g/mol. The number of carbonyl (C=O) groups excluding carboxylic acids is 3. The lowest BCUT2D eigenvalue weighted by Gasteiger charge is -2.14. The lowest BCUT2D eigenvalue weighted by atomic mass is 10.1. The zero-order chi connectivity index (χ0) is 15.8. The van der Waals surface area contributed by atoms with E-state index < -0.39 is 17.9 Å². The van der Waals surface area contributed by atoms with Gasteiger partial charge in [-0.1, -0.05) is 6.07 Å². The van der Waals surface area contributed by atoms with Gasteiger partial charge in [0.05, 0.1) is 7.11 Å². The fourth-order valence-electron chi connectivity index (χ4n) is 1.64. The van der Waals surface area contributed by atoms with Gasteiger partial charge in [0.1, 0.15) is 6.04 Å². The molecule has 1 aromatic rings. The molecule has 6 heteroatoms. The van der Waals surface area contributed by atoms with Gasteiger partial charge >= 0.3 is 5.97 Å². The van der Waals surface area contributed by atoms with Crippen LogP contribution in [0.25, 0.3) is 0 Å². The van der Waals surface area contributed by atoms with E-state index in [2.05, 4.69) is 21.3 Å². The van der Waals surface area contributed by atoms with Gasteiger partial charge in [-0.05, 0) is 18.2 Å². The van der Waals surface area contributed by atoms with Crippen molar-refractivity contribution in [2.24, 2.45) is 0 Å². The summed E-state index contributed by atoms with van der Waals surface area (Å²) in [6, 6.07) is 5.43. The van der Waals surface area contributed by atoms with Gasteiger partial charge in [0.2, 0.25) is 5.91 Å². The van der Waals surface area contributed by atoms with Gasteiger partial charge in [0.25, 0.3) is 5.91 Å². The van der Waals surface area contributed by atoms with Crippen LogP contribution >= 0.6 is 0 Å². The van der Waals surface area contributed by atoms with Crippen LogP contribution in [-0.4, -0.2) is 30.9 Å². The summed E-state index contributed by atoms with van der Waals surface area (Å²) in [7, 11) is 1.22. The standard InChI is InChI=1S/C15H16N2O4/c1-4-6-13(15(20)21-3)17-14(19)11-7-5-8-12(9-11)16-10(2)18/h1,5,7-9,13H,6H2,2-3H3,(H,16,18)(H,17,19)/t13-/m1/s1. The van der Waals surface area contributed by atoms with Gasteiger partial charge in [-0.25, -0.2) is 4.79 Å². The van der Waals surface area contributed by atoms with Crippen LogP contribution in [0.3, 0.4) is 0 Å². The van der Waals surface area contributed by atoms with Crippen LogP contribution in [-0.2, 0) is 14.3 Å². The third-order valence-electron chi connectivity index (χ3n) is 2.56. The molecular formula is C15H16N2O4. The lowest BCUT2D eigenvalue weighted by molar-refractivity contribution is -0.142. The first-order chi connectivity index (χ1) is 9.97. The summed E-state index contributed by atoms with van der Waals surface area (Å²) in [5.74, 6) is 0.971. The van der Waals surface area contributed by atoms with Crippen molar-refractivity contribution in [3.63, 3.8) is 0 Å². The maximum absolute atomic E-state index is 12.1.